The van der Waals surface area contributed by atoms with Gasteiger partial charge in [-0.25, -0.2) is 4.57 Å². The van der Waals surface area contributed by atoms with Crippen molar-refractivity contribution in [1.82, 2.24) is 5.32 Å². The quantitative estimate of drug-likeness (QED) is 0.0318. The first-order valence-electron chi connectivity index (χ1n) is 20.8. The summed E-state index contributed by atoms with van der Waals surface area (Å²) < 4.78 is 39.4. The Morgan fingerprint density at radius 2 is 1.39 bits per heavy atom. The van der Waals surface area contributed by atoms with Crippen molar-refractivity contribution in [2.75, 3.05) is 61.2 Å². The third-order valence-corrected chi connectivity index (χ3v) is 10.7. The highest BCUT2D eigenvalue weighted by molar-refractivity contribution is 7.47. The van der Waals surface area contributed by atoms with E-state index in [4.69, 9.17) is 23.3 Å². The predicted octanol–water partition coefficient (Wildman–Crippen LogP) is 8.76. The lowest BCUT2D eigenvalue weighted by atomic mass is 9.98. The van der Waals surface area contributed by atoms with Gasteiger partial charge in [0, 0.05) is 13.0 Å². The summed E-state index contributed by atoms with van der Waals surface area (Å²) in [6, 6.07) is 9.64. The molecule has 2 atom stereocenters. The number of carbonyl (C=O) groups excluding carboxylic acids is 3. The zero-order chi connectivity index (χ0) is 41.2. The number of hydrogen-bond acceptors (Lipinski definition) is 9. The second kappa shape index (κ2) is 27.6. The van der Waals surface area contributed by atoms with Crippen LogP contribution in [0.4, 0.5) is 0 Å². The summed E-state index contributed by atoms with van der Waals surface area (Å²) in [5, 5.41) is 4.78. The fourth-order valence-electron chi connectivity index (χ4n) is 6.27. The van der Waals surface area contributed by atoms with Crippen molar-refractivity contribution >= 4 is 36.4 Å². The highest BCUT2D eigenvalue weighted by Crippen LogP contribution is 2.43. The van der Waals surface area contributed by atoms with Gasteiger partial charge in [0.1, 0.15) is 25.5 Å². The Hall–Kier alpha value is -3.02. The molecule has 12 nitrogen and oxygen atoms in total. The summed E-state index contributed by atoms with van der Waals surface area (Å²) in [6.07, 6.45) is 17.4. The second-order valence-electron chi connectivity index (χ2n) is 15.8. The molecule has 56 heavy (non-hydrogen) atoms. The molecule has 2 rings (SSSR count). The number of likely N-dealkylation sites (N-methyl/N-ethyl adjacent to an activating group) is 1. The molecule has 0 aliphatic carbocycles. The summed E-state index contributed by atoms with van der Waals surface area (Å²) in [7, 11) is 2.90. The van der Waals surface area contributed by atoms with Gasteiger partial charge in [0.15, 0.2) is 6.10 Å². The van der Waals surface area contributed by atoms with Gasteiger partial charge >= 0.3 is 19.8 Å². The standard InChI is InChI=1S/C43H71N2O10P/c1-7-8-9-10-11-12-13-14-15-16-17-18-19-20-21-22-42(47)52-33-39(34-54-56(49,50)53-30-29-45(3,4)5)55-43(48)27-28-44-41(46)32-36-23-24-37-31-38(51-6)25-26-40(37)35(36)2/h23-26,31,39H,7-22,27-30,32-34H2,1-6H3,(H-,44,46,49,50)/p+1/t39-/m1/s1. The molecule has 0 aliphatic rings. The van der Waals surface area contributed by atoms with Crippen molar-refractivity contribution in [3.63, 3.8) is 0 Å². The van der Waals surface area contributed by atoms with E-state index in [1.54, 1.807) is 7.11 Å². The number of fused-ring (bicyclic) bond motifs is 1. The SMILES string of the molecule is CCCCCCCCCCCCCCCCCC(=O)OC[C@H](COP(=O)(O)OCC[N+](C)(C)C)OC(=O)CCNC(=O)Cc1ccc2cc(OC)ccc2c1C. The van der Waals surface area contributed by atoms with Crippen LogP contribution in [0.5, 0.6) is 5.75 Å². The maximum Gasteiger partial charge on any atom is 0.472 e. The monoisotopic (exact) mass is 807 g/mol. The van der Waals surface area contributed by atoms with Gasteiger partial charge < -0.3 is 28.9 Å². The lowest BCUT2D eigenvalue weighted by Crippen LogP contribution is -2.37. The zero-order valence-corrected chi connectivity index (χ0v) is 36.1. The average Bonchev–Trinajstić information content (AvgIpc) is 3.14. The molecule has 1 unspecified atom stereocenters. The van der Waals surface area contributed by atoms with Crippen LogP contribution in [-0.2, 0) is 43.9 Å². The van der Waals surface area contributed by atoms with Gasteiger partial charge in [-0.2, -0.15) is 0 Å². The lowest BCUT2D eigenvalue weighted by molar-refractivity contribution is -0.870. The molecule has 0 bridgehead atoms. The first kappa shape index (κ1) is 49.1. The second-order valence-corrected chi connectivity index (χ2v) is 17.3. The zero-order valence-electron chi connectivity index (χ0n) is 35.2. The molecule has 0 saturated carbocycles. The first-order valence-corrected chi connectivity index (χ1v) is 22.3. The third-order valence-electron chi connectivity index (χ3n) is 9.76. The van der Waals surface area contributed by atoms with Crippen LogP contribution in [0, 0.1) is 6.92 Å². The largest absolute Gasteiger partial charge is 0.497 e. The molecular weight excluding hydrogens is 735 g/mol. The Kier molecular flexibility index (Phi) is 24.2. The van der Waals surface area contributed by atoms with Gasteiger partial charge in [-0.15, -0.1) is 0 Å². The number of nitrogens with one attached hydrogen (secondary N) is 1. The first-order chi connectivity index (χ1) is 26.7. The van der Waals surface area contributed by atoms with E-state index in [2.05, 4.69) is 12.2 Å². The van der Waals surface area contributed by atoms with Crippen LogP contribution in [0.2, 0.25) is 0 Å². The molecule has 0 radical (unpaired) electrons. The van der Waals surface area contributed by atoms with Gasteiger partial charge in [-0.1, -0.05) is 115 Å². The minimum atomic E-state index is -4.47. The summed E-state index contributed by atoms with van der Waals surface area (Å²) in [4.78, 5) is 48.3. The summed E-state index contributed by atoms with van der Waals surface area (Å²) in [5.74, 6) is -0.631. The molecule has 13 heteroatoms. The Balaban J connectivity index is 1.75. The summed E-state index contributed by atoms with van der Waals surface area (Å²) >= 11 is 0. The molecule has 2 N–H and O–H groups in total. The summed E-state index contributed by atoms with van der Waals surface area (Å²) in [6.45, 7) is 3.80. The Morgan fingerprint density at radius 3 is 1.98 bits per heavy atom. The van der Waals surface area contributed by atoms with E-state index >= 15 is 0 Å². The smallest absolute Gasteiger partial charge is 0.472 e. The van der Waals surface area contributed by atoms with Crippen LogP contribution in [0.15, 0.2) is 30.3 Å². The number of hydrogen-bond donors (Lipinski definition) is 2. The van der Waals surface area contributed by atoms with E-state index in [0.29, 0.717) is 17.4 Å². The number of esters is 2. The number of nitrogens with zero attached hydrogens (tertiary/aromatic N) is 1. The van der Waals surface area contributed by atoms with Crippen LogP contribution in [-0.4, -0.2) is 94.5 Å². The normalized spacial score (nSPS) is 13.3. The Bertz CT molecular complexity index is 1500. The van der Waals surface area contributed by atoms with Crippen molar-refractivity contribution in [1.29, 1.82) is 0 Å². The molecule has 2 aromatic carbocycles. The molecule has 0 aliphatic heterocycles. The molecule has 0 saturated heterocycles. The number of ether oxygens (including phenoxy) is 3. The minimum Gasteiger partial charge on any atom is -0.497 e. The molecule has 0 aromatic heterocycles. The molecule has 0 heterocycles. The van der Waals surface area contributed by atoms with E-state index in [-0.39, 0.29) is 44.9 Å². The number of aryl methyl sites for hydroxylation is 1. The number of quaternary nitrogens is 1. The number of rotatable bonds is 32. The fraction of sp³-hybridized carbons (Fsp3) is 0.698. The van der Waals surface area contributed by atoms with Crippen LogP contribution in [0.3, 0.4) is 0 Å². The highest BCUT2D eigenvalue weighted by atomic mass is 31.2. The van der Waals surface area contributed by atoms with Gasteiger partial charge in [0.2, 0.25) is 5.91 Å². The topological polar surface area (TPSA) is 147 Å². The number of unbranched alkanes of at least 4 members (excludes halogenated alkanes) is 14. The van der Waals surface area contributed by atoms with E-state index in [0.717, 1.165) is 46.9 Å². The van der Waals surface area contributed by atoms with E-state index in [1.165, 1.54) is 70.6 Å². The number of carbonyl (C=O) groups is 3. The number of phosphoric acid groups is 1. The number of amides is 1. The van der Waals surface area contributed by atoms with Crippen LogP contribution in [0.25, 0.3) is 10.8 Å². The fourth-order valence-corrected chi connectivity index (χ4v) is 7.01. The molecule has 0 fully saturated rings. The maximum atomic E-state index is 12.8. The number of phosphoric ester groups is 1. The van der Waals surface area contributed by atoms with Gasteiger partial charge in [0.25, 0.3) is 0 Å². The lowest BCUT2D eigenvalue weighted by Gasteiger charge is -2.24. The Morgan fingerprint density at radius 1 is 0.786 bits per heavy atom. The Labute approximate surface area is 336 Å². The van der Waals surface area contributed by atoms with Gasteiger partial charge in [-0.3, -0.25) is 23.4 Å². The van der Waals surface area contributed by atoms with Crippen LogP contribution < -0.4 is 10.1 Å². The average molecular weight is 808 g/mol. The maximum absolute atomic E-state index is 12.8. The van der Waals surface area contributed by atoms with E-state index in [9.17, 15) is 23.8 Å². The van der Waals surface area contributed by atoms with Crippen molar-refractivity contribution in [3.05, 3.63) is 41.5 Å². The molecule has 318 valence electrons. The molecule has 1 amide bonds. The summed E-state index contributed by atoms with van der Waals surface area (Å²) in [5.41, 5.74) is 1.85. The van der Waals surface area contributed by atoms with E-state index < -0.39 is 32.5 Å². The van der Waals surface area contributed by atoms with Gasteiger partial charge in [-0.05, 0) is 47.4 Å². The van der Waals surface area contributed by atoms with Crippen molar-refractivity contribution in [3.8, 4) is 5.75 Å². The molecule has 2 aromatic rings. The van der Waals surface area contributed by atoms with Crippen LogP contribution in [0.1, 0.15) is 127 Å². The number of methoxy groups -OCH3 is 1. The van der Waals surface area contributed by atoms with Crippen molar-refractivity contribution in [2.45, 2.75) is 136 Å². The minimum absolute atomic E-state index is 0.0146. The molecule has 0 spiro atoms. The van der Waals surface area contributed by atoms with Crippen molar-refractivity contribution < 1.29 is 51.6 Å². The predicted molar refractivity (Wildman–Crippen MR) is 222 cm³/mol. The highest BCUT2D eigenvalue weighted by Gasteiger charge is 2.27. The van der Waals surface area contributed by atoms with E-state index in [1.807, 2.05) is 58.4 Å². The van der Waals surface area contributed by atoms with Crippen LogP contribution >= 0.6 is 7.82 Å². The third kappa shape index (κ3) is 22.7. The molecular formula is C43H72N2O10P+. The van der Waals surface area contributed by atoms with Crippen molar-refractivity contribution in [2.24, 2.45) is 0 Å². The van der Waals surface area contributed by atoms with Gasteiger partial charge in [0.05, 0.1) is 47.7 Å². The number of benzene rings is 2.